The highest BCUT2D eigenvalue weighted by Gasteiger charge is 2.46. The van der Waals surface area contributed by atoms with Gasteiger partial charge in [-0.05, 0) is 63.0 Å². The van der Waals surface area contributed by atoms with E-state index >= 15 is 0 Å². The molecule has 2 N–H and O–H groups in total. The number of carbonyl (C=O) groups is 2. The second-order valence-corrected chi connectivity index (χ2v) is 12.7. The van der Waals surface area contributed by atoms with E-state index in [1.807, 2.05) is 13.8 Å². The van der Waals surface area contributed by atoms with Crippen LogP contribution in [0, 0.1) is 17.8 Å². The van der Waals surface area contributed by atoms with Gasteiger partial charge in [0.2, 0.25) is 17.8 Å². The molecular weight excluding hydrogens is 530 g/mol. The fourth-order valence-corrected chi connectivity index (χ4v) is 5.55. The highest BCUT2D eigenvalue weighted by molar-refractivity contribution is 5.77. The molecule has 0 aromatic carbocycles. The number of alkyl halides is 4. The zero-order valence-corrected chi connectivity index (χ0v) is 23.6. The van der Waals surface area contributed by atoms with Crippen molar-refractivity contribution in [1.29, 1.82) is 0 Å². The quantitative estimate of drug-likeness (QED) is 0.360. The monoisotopic (exact) mass is 569 g/mol. The van der Waals surface area contributed by atoms with Crippen molar-refractivity contribution in [1.82, 2.24) is 25.2 Å². The van der Waals surface area contributed by atoms with E-state index in [1.165, 1.54) is 4.52 Å². The molecule has 2 heterocycles. The summed E-state index contributed by atoms with van der Waals surface area (Å²) >= 11 is 0. The minimum atomic E-state index is -2.72. The van der Waals surface area contributed by atoms with Crippen molar-refractivity contribution in [2.75, 3.05) is 0 Å². The number of halogens is 4. The van der Waals surface area contributed by atoms with E-state index in [-0.39, 0.29) is 68.6 Å². The summed E-state index contributed by atoms with van der Waals surface area (Å²) in [4.78, 5) is 30.0. The van der Waals surface area contributed by atoms with Crippen molar-refractivity contribution < 1.29 is 31.9 Å². The molecule has 222 valence electrons. The smallest absolute Gasteiger partial charge is 0.408 e. The predicted octanol–water partition coefficient (Wildman–Crippen LogP) is 6.37. The van der Waals surface area contributed by atoms with Gasteiger partial charge in [-0.15, -0.1) is 0 Å². The summed E-state index contributed by atoms with van der Waals surface area (Å²) in [6.07, 6.45) is 2.01. The molecule has 4 rings (SSSR count). The van der Waals surface area contributed by atoms with E-state index < -0.39 is 35.6 Å². The number of hydrogen-bond donors (Lipinski definition) is 2. The highest BCUT2D eigenvalue weighted by atomic mass is 19.3. The molecule has 2 aliphatic rings. The predicted molar refractivity (Wildman–Crippen MR) is 140 cm³/mol. The van der Waals surface area contributed by atoms with Gasteiger partial charge in [-0.1, -0.05) is 13.8 Å². The number of fused-ring (bicyclic) bond motifs is 1. The first kappa shape index (κ1) is 30.0. The zero-order chi connectivity index (χ0) is 29.5. The van der Waals surface area contributed by atoms with Crippen molar-refractivity contribution in [3.63, 3.8) is 0 Å². The lowest BCUT2D eigenvalue weighted by Gasteiger charge is -2.35. The Bertz CT molecular complexity index is 1210. The zero-order valence-electron chi connectivity index (χ0n) is 23.6. The lowest BCUT2D eigenvalue weighted by molar-refractivity contribution is -0.134. The molecule has 0 saturated heterocycles. The van der Waals surface area contributed by atoms with Gasteiger partial charge in [0.05, 0.1) is 30.2 Å². The van der Waals surface area contributed by atoms with Crippen LogP contribution in [0.2, 0.25) is 0 Å². The summed E-state index contributed by atoms with van der Waals surface area (Å²) in [7, 11) is 0. The minimum absolute atomic E-state index is 0.0176. The molecule has 2 fully saturated rings. The number of rotatable bonds is 8. The Morgan fingerprint density at radius 1 is 1.10 bits per heavy atom. The van der Waals surface area contributed by atoms with Gasteiger partial charge in [0.15, 0.2) is 5.65 Å². The SMILES string of the molecule is CC(C)C(NC(=O)CC1CC(F)(F)C1)c1cnn2cc([C@@H](NC(=O)OC(C)(C)C)C3CCC(F)(F)CC3)nc2c1. The lowest BCUT2D eigenvalue weighted by Crippen LogP contribution is -2.40. The van der Waals surface area contributed by atoms with Crippen LogP contribution in [0.15, 0.2) is 18.5 Å². The van der Waals surface area contributed by atoms with Gasteiger partial charge in [-0.2, -0.15) is 5.10 Å². The second-order valence-electron chi connectivity index (χ2n) is 12.7. The molecule has 2 atom stereocenters. The van der Waals surface area contributed by atoms with Crippen LogP contribution in [0.1, 0.15) is 103 Å². The van der Waals surface area contributed by atoms with Gasteiger partial charge in [0.1, 0.15) is 5.60 Å². The summed E-state index contributed by atoms with van der Waals surface area (Å²) in [5, 5.41) is 10.2. The molecule has 2 aromatic heterocycles. The number of nitrogens with zero attached hydrogens (tertiary/aromatic N) is 3. The fraction of sp³-hybridized carbons (Fsp3) is 0.714. The molecule has 0 aliphatic heterocycles. The molecule has 0 radical (unpaired) electrons. The van der Waals surface area contributed by atoms with E-state index in [4.69, 9.17) is 4.74 Å². The lowest BCUT2D eigenvalue weighted by atomic mass is 9.79. The molecule has 2 amide bonds. The van der Waals surface area contributed by atoms with Crippen LogP contribution in [0.3, 0.4) is 0 Å². The van der Waals surface area contributed by atoms with Crippen LogP contribution in [0.5, 0.6) is 0 Å². The first-order valence-electron chi connectivity index (χ1n) is 13.9. The van der Waals surface area contributed by atoms with E-state index in [9.17, 15) is 27.2 Å². The molecule has 0 spiro atoms. The average molecular weight is 570 g/mol. The Kier molecular flexibility index (Phi) is 8.38. The molecule has 2 saturated carbocycles. The number of nitrogens with one attached hydrogen (secondary N) is 2. The number of carbonyl (C=O) groups excluding carboxylic acids is 2. The van der Waals surface area contributed by atoms with Crippen LogP contribution in [0.25, 0.3) is 5.65 Å². The number of imidazole rings is 1. The summed E-state index contributed by atoms with van der Waals surface area (Å²) in [5.41, 5.74) is 0.894. The Morgan fingerprint density at radius 2 is 1.75 bits per heavy atom. The number of ether oxygens (including phenoxy) is 1. The second kappa shape index (κ2) is 11.2. The van der Waals surface area contributed by atoms with Crippen molar-refractivity contribution in [2.24, 2.45) is 17.8 Å². The first-order chi connectivity index (χ1) is 18.5. The van der Waals surface area contributed by atoms with E-state index in [0.717, 1.165) is 0 Å². The Labute approximate surface area is 231 Å². The number of hydrogen-bond acceptors (Lipinski definition) is 5. The topological polar surface area (TPSA) is 97.6 Å². The molecule has 0 bridgehead atoms. The van der Waals surface area contributed by atoms with Gasteiger partial charge in [-0.25, -0.2) is 31.9 Å². The van der Waals surface area contributed by atoms with Crippen LogP contribution >= 0.6 is 0 Å². The van der Waals surface area contributed by atoms with Crippen molar-refractivity contribution in [3.05, 3.63) is 29.7 Å². The van der Waals surface area contributed by atoms with Crippen LogP contribution in [-0.2, 0) is 9.53 Å². The molecule has 12 heteroatoms. The van der Waals surface area contributed by atoms with E-state index in [1.54, 1.807) is 39.2 Å². The van der Waals surface area contributed by atoms with Crippen LogP contribution in [-0.4, -0.2) is 44.0 Å². The molecule has 2 aliphatic carbocycles. The van der Waals surface area contributed by atoms with Gasteiger partial charge < -0.3 is 15.4 Å². The number of alkyl carbamates (subject to hydrolysis) is 1. The fourth-order valence-electron chi connectivity index (χ4n) is 5.55. The van der Waals surface area contributed by atoms with Gasteiger partial charge in [-0.3, -0.25) is 4.79 Å². The Balaban J connectivity index is 1.54. The Morgan fingerprint density at radius 3 is 2.33 bits per heavy atom. The van der Waals surface area contributed by atoms with Crippen LogP contribution in [0.4, 0.5) is 22.4 Å². The van der Waals surface area contributed by atoms with E-state index in [2.05, 4.69) is 20.7 Å². The molecule has 2 aromatic rings. The number of aromatic nitrogens is 3. The largest absolute Gasteiger partial charge is 0.444 e. The third-order valence-corrected chi connectivity index (χ3v) is 7.57. The Hall–Kier alpha value is -2.92. The van der Waals surface area contributed by atoms with Gasteiger partial charge >= 0.3 is 6.09 Å². The summed E-state index contributed by atoms with van der Waals surface area (Å²) in [6, 6.07) is 0.706. The van der Waals surface area contributed by atoms with Crippen molar-refractivity contribution >= 4 is 17.6 Å². The maximum atomic E-state index is 13.9. The third kappa shape index (κ3) is 7.63. The van der Waals surface area contributed by atoms with Gasteiger partial charge in [0.25, 0.3) is 0 Å². The summed E-state index contributed by atoms with van der Waals surface area (Å²) in [5.74, 6) is -6.30. The minimum Gasteiger partial charge on any atom is -0.444 e. The molecule has 1 unspecified atom stereocenters. The summed E-state index contributed by atoms with van der Waals surface area (Å²) < 4.78 is 61.1. The standard InChI is InChI=1S/C28H39F4N5O3/c1-16(2)23(35-22(38)10-17-12-28(31,32)13-17)19-11-21-34-20(15-37(21)33-14-19)24(36-25(39)40-26(3,4)5)18-6-8-27(29,30)9-7-18/h11,14-18,23-24H,6-10,12-13H2,1-5H3,(H,35,38)(H,36,39)/t23?,24-/m0/s1. The average Bonchev–Trinajstić information content (AvgIpc) is 3.22. The summed E-state index contributed by atoms with van der Waals surface area (Å²) in [6.45, 7) is 9.09. The molecule has 8 nitrogen and oxygen atoms in total. The first-order valence-corrected chi connectivity index (χ1v) is 13.9. The third-order valence-electron chi connectivity index (χ3n) is 7.57. The van der Waals surface area contributed by atoms with Crippen LogP contribution < -0.4 is 10.6 Å². The van der Waals surface area contributed by atoms with E-state index in [0.29, 0.717) is 16.9 Å². The van der Waals surface area contributed by atoms with Crippen molar-refractivity contribution in [2.45, 2.75) is 109 Å². The maximum Gasteiger partial charge on any atom is 0.408 e. The van der Waals surface area contributed by atoms with Crippen molar-refractivity contribution in [3.8, 4) is 0 Å². The normalized spacial score (nSPS) is 21.1. The molecule has 40 heavy (non-hydrogen) atoms. The highest BCUT2D eigenvalue weighted by Crippen LogP contribution is 2.44. The molecular formula is C28H39F4N5O3. The van der Waals surface area contributed by atoms with Gasteiger partial charge in [0, 0.05) is 32.1 Å². The number of amides is 2. The maximum absolute atomic E-state index is 13.9.